The molecule has 24 heavy (non-hydrogen) atoms. The second-order valence-electron chi connectivity index (χ2n) is 5.12. The van der Waals surface area contributed by atoms with Gasteiger partial charge in [-0.1, -0.05) is 52.0 Å². The van der Waals surface area contributed by atoms with E-state index in [4.69, 9.17) is 0 Å². The summed E-state index contributed by atoms with van der Waals surface area (Å²) in [6, 6.07) is 15.5. The summed E-state index contributed by atoms with van der Waals surface area (Å²) in [4.78, 5) is 12.1. The van der Waals surface area contributed by atoms with Gasteiger partial charge in [-0.2, -0.15) is 0 Å². The number of hydrogen-bond acceptors (Lipinski definition) is 4. The Morgan fingerprint density at radius 1 is 1.25 bits per heavy atom. The zero-order valence-corrected chi connectivity index (χ0v) is 15.3. The lowest BCUT2D eigenvalue weighted by atomic mass is 10.2. The average Bonchev–Trinajstić information content (AvgIpc) is 3.02. The molecule has 1 aromatic heterocycles. The fraction of sp³-hybridized carbons (Fsp3) is 0.118. The Balaban J connectivity index is 1.67. The molecule has 0 bridgehead atoms. The Kier molecular flexibility index (Phi) is 5.32. The molecular weight excluding hydrogens is 388 g/mol. The molecule has 0 aliphatic heterocycles. The number of rotatable bonds is 5. The predicted octanol–water partition coefficient (Wildman–Crippen LogP) is 4.07. The van der Waals surface area contributed by atoms with E-state index in [9.17, 15) is 4.79 Å². The van der Waals surface area contributed by atoms with Crippen LogP contribution in [0.25, 0.3) is 5.69 Å². The lowest BCUT2D eigenvalue weighted by Crippen LogP contribution is -2.14. The first-order valence-electron chi connectivity index (χ1n) is 7.28. The number of benzene rings is 2. The van der Waals surface area contributed by atoms with E-state index in [1.54, 1.807) is 6.33 Å². The van der Waals surface area contributed by atoms with Crippen LogP contribution in [-0.4, -0.2) is 26.4 Å². The molecule has 5 nitrogen and oxygen atoms in total. The van der Waals surface area contributed by atoms with Gasteiger partial charge in [0.25, 0.3) is 0 Å². The molecule has 7 heteroatoms. The zero-order valence-electron chi connectivity index (χ0n) is 12.9. The third-order valence-electron chi connectivity index (χ3n) is 3.33. The summed E-state index contributed by atoms with van der Waals surface area (Å²) in [5.41, 5.74) is 2.89. The minimum absolute atomic E-state index is 0.0857. The lowest BCUT2D eigenvalue weighted by Gasteiger charge is -2.09. The number of aryl methyl sites for hydroxylation is 1. The van der Waals surface area contributed by atoms with Crippen molar-refractivity contribution in [3.8, 4) is 5.69 Å². The van der Waals surface area contributed by atoms with Crippen LogP contribution < -0.4 is 5.32 Å². The molecule has 2 aromatic carbocycles. The highest BCUT2D eigenvalue weighted by atomic mass is 79.9. The monoisotopic (exact) mass is 402 g/mol. The Morgan fingerprint density at radius 2 is 2.08 bits per heavy atom. The molecule has 0 aliphatic rings. The molecule has 0 radical (unpaired) electrons. The molecule has 1 N–H and O–H groups in total. The molecule has 0 saturated heterocycles. The van der Waals surface area contributed by atoms with Gasteiger partial charge in [0.15, 0.2) is 5.16 Å². The topological polar surface area (TPSA) is 59.8 Å². The predicted molar refractivity (Wildman–Crippen MR) is 99.6 cm³/mol. The van der Waals surface area contributed by atoms with Gasteiger partial charge in [0.05, 0.1) is 11.4 Å². The van der Waals surface area contributed by atoms with Gasteiger partial charge in [-0.15, -0.1) is 10.2 Å². The average molecular weight is 403 g/mol. The van der Waals surface area contributed by atoms with E-state index >= 15 is 0 Å². The van der Waals surface area contributed by atoms with Crippen molar-refractivity contribution in [2.45, 2.75) is 12.1 Å². The molecule has 0 spiro atoms. The molecule has 0 atom stereocenters. The third kappa shape index (κ3) is 4.04. The van der Waals surface area contributed by atoms with Crippen LogP contribution >= 0.6 is 27.7 Å². The van der Waals surface area contributed by atoms with Gasteiger partial charge >= 0.3 is 0 Å². The van der Waals surface area contributed by atoms with Crippen molar-refractivity contribution in [2.75, 3.05) is 11.1 Å². The van der Waals surface area contributed by atoms with Gasteiger partial charge in [-0.3, -0.25) is 9.36 Å². The first-order valence-corrected chi connectivity index (χ1v) is 9.05. The summed E-state index contributed by atoms with van der Waals surface area (Å²) in [5, 5.41) is 11.6. The van der Waals surface area contributed by atoms with Crippen molar-refractivity contribution < 1.29 is 4.79 Å². The maximum absolute atomic E-state index is 12.1. The maximum Gasteiger partial charge on any atom is 0.234 e. The number of para-hydroxylation sites is 1. The SMILES string of the molecule is Cc1ccccc1-n1cnnc1SCC(=O)Nc1cccc(Br)c1. The molecule has 1 amide bonds. The van der Waals surface area contributed by atoms with Crippen LogP contribution in [-0.2, 0) is 4.79 Å². The largest absolute Gasteiger partial charge is 0.325 e. The van der Waals surface area contributed by atoms with Gasteiger partial charge in [0.1, 0.15) is 6.33 Å². The Hall–Kier alpha value is -2.12. The summed E-state index contributed by atoms with van der Waals surface area (Å²) in [5.74, 6) is 0.175. The highest BCUT2D eigenvalue weighted by molar-refractivity contribution is 9.10. The van der Waals surface area contributed by atoms with E-state index < -0.39 is 0 Å². The van der Waals surface area contributed by atoms with Gasteiger partial charge in [-0.05, 0) is 36.8 Å². The summed E-state index contributed by atoms with van der Waals surface area (Å²) in [7, 11) is 0. The van der Waals surface area contributed by atoms with Gasteiger partial charge in [0, 0.05) is 10.2 Å². The van der Waals surface area contributed by atoms with Crippen LogP contribution in [0.15, 0.2) is 64.5 Å². The number of carbonyl (C=O) groups excluding carboxylic acids is 1. The van der Waals surface area contributed by atoms with Crippen molar-refractivity contribution >= 4 is 39.3 Å². The summed E-state index contributed by atoms with van der Waals surface area (Å²) in [6.07, 6.45) is 1.66. The molecule has 0 aliphatic carbocycles. The van der Waals surface area contributed by atoms with Crippen LogP contribution in [0.3, 0.4) is 0 Å². The number of hydrogen-bond donors (Lipinski definition) is 1. The number of anilines is 1. The maximum atomic E-state index is 12.1. The van der Waals surface area contributed by atoms with Crippen LogP contribution in [0.4, 0.5) is 5.69 Å². The van der Waals surface area contributed by atoms with Crippen molar-refractivity contribution in [1.29, 1.82) is 0 Å². The third-order valence-corrected chi connectivity index (χ3v) is 4.77. The van der Waals surface area contributed by atoms with E-state index in [-0.39, 0.29) is 11.7 Å². The van der Waals surface area contributed by atoms with Crippen LogP contribution in [0.5, 0.6) is 0 Å². The number of aromatic nitrogens is 3. The van der Waals surface area contributed by atoms with E-state index in [1.165, 1.54) is 11.8 Å². The standard InChI is InChI=1S/C17H15BrN4OS/c1-12-5-2-3-8-15(12)22-11-19-21-17(22)24-10-16(23)20-14-7-4-6-13(18)9-14/h2-9,11H,10H2,1H3,(H,20,23). The summed E-state index contributed by atoms with van der Waals surface area (Å²) in [6.45, 7) is 2.03. The van der Waals surface area contributed by atoms with Gasteiger partial charge < -0.3 is 5.32 Å². The Bertz CT molecular complexity index is 865. The Morgan fingerprint density at radius 3 is 2.88 bits per heavy atom. The van der Waals surface area contributed by atoms with Crippen molar-refractivity contribution in [3.05, 3.63) is 64.9 Å². The van der Waals surface area contributed by atoms with Crippen LogP contribution in [0.1, 0.15) is 5.56 Å². The van der Waals surface area contributed by atoms with E-state index in [0.29, 0.717) is 5.16 Å². The molecule has 0 saturated carbocycles. The van der Waals surface area contributed by atoms with E-state index in [2.05, 4.69) is 31.4 Å². The Labute approximate surface area is 152 Å². The van der Waals surface area contributed by atoms with Gasteiger partial charge in [0.2, 0.25) is 5.91 Å². The van der Waals surface area contributed by atoms with E-state index in [1.807, 2.05) is 60.0 Å². The number of nitrogens with zero attached hydrogens (tertiary/aromatic N) is 3. The normalized spacial score (nSPS) is 10.6. The van der Waals surface area contributed by atoms with Crippen LogP contribution in [0.2, 0.25) is 0 Å². The molecule has 3 rings (SSSR count). The second kappa shape index (κ2) is 7.63. The molecule has 122 valence electrons. The molecule has 1 heterocycles. The smallest absolute Gasteiger partial charge is 0.234 e. The number of carbonyl (C=O) groups is 1. The van der Waals surface area contributed by atoms with Crippen molar-refractivity contribution in [1.82, 2.24) is 14.8 Å². The lowest BCUT2D eigenvalue weighted by molar-refractivity contribution is -0.113. The van der Waals surface area contributed by atoms with Crippen LogP contribution in [0, 0.1) is 6.92 Å². The molecule has 0 fully saturated rings. The molecular formula is C17H15BrN4OS. The fourth-order valence-corrected chi connectivity index (χ4v) is 3.34. The highest BCUT2D eigenvalue weighted by Gasteiger charge is 2.11. The first kappa shape index (κ1) is 16.7. The zero-order chi connectivity index (χ0) is 16.9. The minimum Gasteiger partial charge on any atom is -0.325 e. The number of amides is 1. The number of halogens is 1. The number of thioether (sulfide) groups is 1. The summed E-state index contributed by atoms with van der Waals surface area (Å²) < 4.78 is 2.82. The first-order chi connectivity index (χ1) is 11.6. The highest BCUT2D eigenvalue weighted by Crippen LogP contribution is 2.22. The van der Waals surface area contributed by atoms with E-state index in [0.717, 1.165) is 21.4 Å². The van der Waals surface area contributed by atoms with Gasteiger partial charge in [-0.25, -0.2) is 0 Å². The van der Waals surface area contributed by atoms with Crippen molar-refractivity contribution in [2.24, 2.45) is 0 Å². The fourth-order valence-electron chi connectivity index (χ4n) is 2.22. The molecule has 3 aromatic rings. The summed E-state index contributed by atoms with van der Waals surface area (Å²) >= 11 is 4.74. The molecule has 0 unspecified atom stereocenters. The quantitative estimate of drug-likeness (QED) is 0.653. The minimum atomic E-state index is -0.0857. The second-order valence-corrected chi connectivity index (χ2v) is 6.98. The number of nitrogens with one attached hydrogen (secondary N) is 1. The van der Waals surface area contributed by atoms with Crippen molar-refractivity contribution in [3.63, 3.8) is 0 Å².